The van der Waals surface area contributed by atoms with Crippen LogP contribution in [0, 0.1) is 0 Å². The first-order valence-corrected chi connectivity index (χ1v) is 6.46. The summed E-state index contributed by atoms with van der Waals surface area (Å²) in [6.07, 6.45) is 2.02. The van der Waals surface area contributed by atoms with Crippen LogP contribution in [0.4, 0.5) is 0 Å². The third-order valence-electron chi connectivity index (χ3n) is 1.85. The standard InChI is InChI=1S/C11H11Br2ClO/c1-7(6-14)3-8-4-9(12)5-10(13)11(8)15-2/h3-5H,6H2,1-2H3. The van der Waals surface area contributed by atoms with Gasteiger partial charge in [0.05, 0.1) is 11.6 Å². The third kappa shape index (κ3) is 3.51. The molecule has 0 aliphatic rings. The SMILES string of the molecule is COc1c(Br)cc(Br)cc1C=C(C)CCl. The van der Waals surface area contributed by atoms with Crippen LogP contribution in [0.2, 0.25) is 0 Å². The fourth-order valence-corrected chi connectivity index (χ4v) is 2.70. The third-order valence-corrected chi connectivity index (χ3v) is 3.32. The Hall–Kier alpha value is 0.01000. The molecule has 0 atom stereocenters. The summed E-state index contributed by atoms with van der Waals surface area (Å²) in [5.41, 5.74) is 2.11. The van der Waals surface area contributed by atoms with Crippen LogP contribution in [-0.4, -0.2) is 13.0 Å². The number of hydrogen-bond acceptors (Lipinski definition) is 1. The molecular formula is C11H11Br2ClO. The number of ether oxygens (including phenoxy) is 1. The quantitative estimate of drug-likeness (QED) is 0.704. The lowest BCUT2D eigenvalue weighted by atomic mass is 10.1. The largest absolute Gasteiger partial charge is 0.495 e. The molecule has 0 saturated carbocycles. The van der Waals surface area contributed by atoms with Gasteiger partial charge in [-0.05, 0) is 35.0 Å². The maximum atomic E-state index is 5.74. The van der Waals surface area contributed by atoms with E-state index in [9.17, 15) is 0 Å². The van der Waals surface area contributed by atoms with Gasteiger partial charge in [0.1, 0.15) is 5.75 Å². The van der Waals surface area contributed by atoms with Gasteiger partial charge in [-0.2, -0.15) is 0 Å². The molecule has 1 nitrogen and oxygen atoms in total. The van der Waals surface area contributed by atoms with Crippen molar-refractivity contribution in [3.63, 3.8) is 0 Å². The highest BCUT2D eigenvalue weighted by atomic mass is 79.9. The molecule has 1 aromatic carbocycles. The smallest absolute Gasteiger partial charge is 0.140 e. The Morgan fingerprint density at radius 3 is 2.67 bits per heavy atom. The van der Waals surface area contributed by atoms with E-state index in [-0.39, 0.29) is 0 Å². The van der Waals surface area contributed by atoms with Crippen molar-refractivity contribution >= 4 is 49.5 Å². The average Bonchev–Trinajstić information content (AvgIpc) is 2.17. The van der Waals surface area contributed by atoms with Crippen molar-refractivity contribution in [3.8, 4) is 5.75 Å². The molecule has 4 heteroatoms. The van der Waals surface area contributed by atoms with Crippen LogP contribution >= 0.6 is 43.5 Å². The monoisotopic (exact) mass is 352 g/mol. The molecule has 0 bridgehead atoms. The second-order valence-corrected chi connectivity index (χ2v) is 5.17. The van der Waals surface area contributed by atoms with Crippen molar-refractivity contribution in [2.45, 2.75) is 6.92 Å². The molecule has 1 rings (SSSR count). The number of rotatable bonds is 3. The Morgan fingerprint density at radius 1 is 1.47 bits per heavy atom. The van der Waals surface area contributed by atoms with Gasteiger partial charge >= 0.3 is 0 Å². The van der Waals surface area contributed by atoms with E-state index in [1.807, 2.05) is 25.1 Å². The lowest BCUT2D eigenvalue weighted by Gasteiger charge is -2.09. The first-order chi connectivity index (χ1) is 7.08. The van der Waals surface area contributed by atoms with E-state index in [1.165, 1.54) is 0 Å². The minimum Gasteiger partial charge on any atom is -0.495 e. The zero-order valence-electron chi connectivity index (χ0n) is 8.48. The molecule has 0 spiro atoms. The van der Waals surface area contributed by atoms with Gasteiger partial charge in [0.2, 0.25) is 0 Å². The summed E-state index contributed by atoms with van der Waals surface area (Å²) >= 11 is 12.6. The summed E-state index contributed by atoms with van der Waals surface area (Å²) in [6.45, 7) is 1.99. The van der Waals surface area contributed by atoms with Gasteiger partial charge in [0.15, 0.2) is 0 Å². The van der Waals surface area contributed by atoms with Gasteiger partial charge in [-0.15, -0.1) is 11.6 Å². The summed E-state index contributed by atoms with van der Waals surface area (Å²) in [5, 5.41) is 0. The second kappa shape index (κ2) is 5.92. The molecule has 0 aromatic heterocycles. The summed E-state index contributed by atoms with van der Waals surface area (Å²) < 4.78 is 7.25. The van der Waals surface area contributed by atoms with Gasteiger partial charge in [-0.25, -0.2) is 0 Å². The number of alkyl halides is 1. The van der Waals surface area contributed by atoms with E-state index >= 15 is 0 Å². The second-order valence-electron chi connectivity index (χ2n) is 3.13. The average molecular weight is 354 g/mol. The molecule has 0 fully saturated rings. The van der Waals surface area contributed by atoms with Crippen LogP contribution in [0.1, 0.15) is 12.5 Å². The lowest BCUT2D eigenvalue weighted by Crippen LogP contribution is -1.90. The number of halogens is 3. The number of allylic oxidation sites excluding steroid dienone is 1. The zero-order chi connectivity index (χ0) is 11.4. The Kier molecular flexibility index (Phi) is 5.16. The van der Waals surface area contributed by atoms with Crippen LogP contribution in [0.25, 0.3) is 6.08 Å². The topological polar surface area (TPSA) is 9.23 Å². The van der Waals surface area contributed by atoms with E-state index in [0.717, 1.165) is 25.8 Å². The normalized spacial score (nSPS) is 11.7. The van der Waals surface area contributed by atoms with Crippen molar-refractivity contribution in [2.24, 2.45) is 0 Å². The van der Waals surface area contributed by atoms with Crippen LogP contribution in [0.15, 0.2) is 26.7 Å². The Labute approximate surface area is 112 Å². The molecule has 0 amide bonds. The molecule has 0 saturated heterocycles. The number of benzene rings is 1. The highest BCUT2D eigenvalue weighted by molar-refractivity contribution is 9.11. The van der Waals surface area contributed by atoms with Crippen molar-refractivity contribution in [2.75, 3.05) is 13.0 Å². The fourth-order valence-electron chi connectivity index (χ4n) is 1.21. The van der Waals surface area contributed by atoms with E-state index in [4.69, 9.17) is 16.3 Å². The van der Waals surface area contributed by atoms with Crippen LogP contribution in [-0.2, 0) is 0 Å². The molecule has 1 aromatic rings. The maximum absolute atomic E-state index is 5.74. The van der Waals surface area contributed by atoms with Gasteiger partial charge in [-0.1, -0.05) is 27.6 Å². The molecule has 0 radical (unpaired) electrons. The molecule has 0 N–H and O–H groups in total. The molecule has 0 unspecified atom stereocenters. The van der Waals surface area contributed by atoms with Crippen LogP contribution < -0.4 is 4.74 Å². The van der Waals surface area contributed by atoms with Crippen molar-refractivity contribution < 1.29 is 4.74 Å². The van der Waals surface area contributed by atoms with E-state index in [2.05, 4.69) is 31.9 Å². The first kappa shape index (κ1) is 13.1. The minimum absolute atomic E-state index is 0.521. The number of methoxy groups -OCH3 is 1. The van der Waals surface area contributed by atoms with Gasteiger partial charge in [0.25, 0.3) is 0 Å². The molecule has 0 heterocycles. The highest BCUT2D eigenvalue weighted by Crippen LogP contribution is 2.33. The van der Waals surface area contributed by atoms with E-state index < -0.39 is 0 Å². The summed E-state index contributed by atoms with van der Waals surface area (Å²) in [5.74, 6) is 1.34. The Balaban J connectivity index is 3.26. The summed E-state index contributed by atoms with van der Waals surface area (Å²) in [6, 6.07) is 3.95. The highest BCUT2D eigenvalue weighted by Gasteiger charge is 2.07. The fraction of sp³-hybridized carbons (Fsp3) is 0.273. The maximum Gasteiger partial charge on any atom is 0.140 e. The zero-order valence-corrected chi connectivity index (χ0v) is 12.4. The Morgan fingerprint density at radius 2 is 2.13 bits per heavy atom. The number of hydrogen-bond donors (Lipinski definition) is 0. The van der Waals surface area contributed by atoms with Gasteiger partial charge in [-0.3, -0.25) is 0 Å². The minimum atomic E-state index is 0.521. The molecule has 0 aliphatic heterocycles. The molecular weight excluding hydrogens is 343 g/mol. The van der Waals surface area contributed by atoms with E-state index in [0.29, 0.717) is 5.88 Å². The van der Waals surface area contributed by atoms with Crippen molar-refractivity contribution in [1.82, 2.24) is 0 Å². The lowest BCUT2D eigenvalue weighted by molar-refractivity contribution is 0.411. The van der Waals surface area contributed by atoms with Gasteiger partial charge in [0, 0.05) is 15.9 Å². The van der Waals surface area contributed by atoms with Crippen LogP contribution in [0.3, 0.4) is 0 Å². The molecule has 15 heavy (non-hydrogen) atoms. The van der Waals surface area contributed by atoms with Crippen molar-refractivity contribution in [3.05, 3.63) is 32.2 Å². The van der Waals surface area contributed by atoms with E-state index in [1.54, 1.807) is 7.11 Å². The van der Waals surface area contributed by atoms with Gasteiger partial charge < -0.3 is 4.74 Å². The molecule has 82 valence electrons. The predicted molar refractivity (Wildman–Crippen MR) is 72.8 cm³/mol. The Bertz CT molecular complexity index is 388. The summed E-state index contributed by atoms with van der Waals surface area (Å²) in [7, 11) is 1.65. The first-order valence-electron chi connectivity index (χ1n) is 4.34. The molecule has 0 aliphatic carbocycles. The predicted octanol–water partition coefficient (Wildman–Crippen LogP) is 4.86. The summed E-state index contributed by atoms with van der Waals surface area (Å²) in [4.78, 5) is 0. The van der Waals surface area contributed by atoms with Crippen molar-refractivity contribution in [1.29, 1.82) is 0 Å². The van der Waals surface area contributed by atoms with Crippen LogP contribution in [0.5, 0.6) is 5.75 Å².